The molecule has 1 aliphatic rings. The fraction of sp³-hybridized carbons (Fsp3) is 0.588. The molecule has 2 unspecified atom stereocenters. The summed E-state index contributed by atoms with van der Waals surface area (Å²) in [6.45, 7) is 5.69. The van der Waals surface area contributed by atoms with Crippen LogP contribution in [0.5, 0.6) is 0 Å². The smallest absolute Gasteiger partial charge is 0.110 e. The zero-order valence-electron chi connectivity index (χ0n) is 12.8. The standard InChI is InChI=1S/C17H25N3/c1-4-18-13-9-10-17(2,11-13)12-16-19-14-7-5-6-8-15(14)20(16)3/h5-8,13,18H,4,9-12H2,1-3H3. The van der Waals surface area contributed by atoms with E-state index in [1.165, 1.54) is 30.6 Å². The molecule has 1 heterocycles. The number of nitrogens with zero attached hydrogens (tertiary/aromatic N) is 2. The summed E-state index contributed by atoms with van der Waals surface area (Å²) >= 11 is 0. The van der Waals surface area contributed by atoms with Gasteiger partial charge in [-0.05, 0) is 43.4 Å². The second-order valence-electron chi connectivity index (χ2n) is 6.56. The Bertz CT molecular complexity index is 601. The first-order valence-electron chi connectivity index (χ1n) is 7.75. The van der Waals surface area contributed by atoms with Crippen molar-refractivity contribution in [1.29, 1.82) is 0 Å². The Hall–Kier alpha value is -1.35. The van der Waals surface area contributed by atoms with Crippen LogP contribution in [-0.4, -0.2) is 22.1 Å². The van der Waals surface area contributed by atoms with E-state index in [1.807, 2.05) is 0 Å². The Labute approximate surface area is 121 Å². The second-order valence-corrected chi connectivity index (χ2v) is 6.56. The van der Waals surface area contributed by atoms with E-state index in [2.05, 4.69) is 55.0 Å². The first kappa shape index (κ1) is 13.6. The number of rotatable bonds is 4. The molecule has 1 aliphatic carbocycles. The van der Waals surface area contributed by atoms with Crippen LogP contribution in [0.25, 0.3) is 11.0 Å². The van der Waals surface area contributed by atoms with Gasteiger partial charge < -0.3 is 9.88 Å². The summed E-state index contributed by atoms with van der Waals surface area (Å²) in [5, 5.41) is 3.60. The van der Waals surface area contributed by atoms with Crippen molar-refractivity contribution in [2.45, 2.75) is 45.6 Å². The molecule has 0 aliphatic heterocycles. The molecule has 0 amide bonds. The van der Waals surface area contributed by atoms with Crippen molar-refractivity contribution in [3.63, 3.8) is 0 Å². The predicted molar refractivity (Wildman–Crippen MR) is 83.8 cm³/mol. The molecule has 1 N–H and O–H groups in total. The van der Waals surface area contributed by atoms with E-state index in [9.17, 15) is 0 Å². The van der Waals surface area contributed by atoms with E-state index in [0.29, 0.717) is 11.5 Å². The molecule has 1 aromatic heterocycles. The van der Waals surface area contributed by atoms with Gasteiger partial charge in [-0.1, -0.05) is 26.0 Å². The van der Waals surface area contributed by atoms with Gasteiger partial charge in [0.2, 0.25) is 0 Å². The number of fused-ring (bicyclic) bond motifs is 1. The van der Waals surface area contributed by atoms with Gasteiger partial charge in [0, 0.05) is 19.5 Å². The van der Waals surface area contributed by atoms with Crippen LogP contribution in [0.4, 0.5) is 0 Å². The van der Waals surface area contributed by atoms with Gasteiger partial charge in [0.25, 0.3) is 0 Å². The Kier molecular flexibility index (Phi) is 3.55. The van der Waals surface area contributed by atoms with Crippen molar-refractivity contribution in [1.82, 2.24) is 14.9 Å². The van der Waals surface area contributed by atoms with E-state index in [1.54, 1.807) is 0 Å². The normalized spacial score (nSPS) is 26.4. The van der Waals surface area contributed by atoms with Gasteiger partial charge in [-0.3, -0.25) is 0 Å². The van der Waals surface area contributed by atoms with E-state index in [0.717, 1.165) is 18.5 Å². The lowest BCUT2D eigenvalue weighted by atomic mass is 9.84. The van der Waals surface area contributed by atoms with Gasteiger partial charge >= 0.3 is 0 Å². The van der Waals surface area contributed by atoms with Crippen LogP contribution in [0, 0.1) is 5.41 Å². The van der Waals surface area contributed by atoms with Crippen LogP contribution in [0.15, 0.2) is 24.3 Å². The number of hydrogen-bond acceptors (Lipinski definition) is 2. The molecule has 1 saturated carbocycles. The zero-order valence-corrected chi connectivity index (χ0v) is 12.8. The van der Waals surface area contributed by atoms with Crippen LogP contribution >= 0.6 is 0 Å². The summed E-state index contributed by atoms with van der Waals surface area (Å²) in [5.41, 5.74) is 2.75. The van der Waals surface area contributed by atoms with E-state index in [-0.39, 0.29) is 0 Å². The minimum absolute atomic E-state index is 0.391. The third-order valence-corrected chi connectivity index (χ3v) is 4.79. The molecule has 0 radical (unpaired) electrons. The third kappa shape index (κ3) is 2.47. The molecular formula is C17H25N3. The van der Waals surface area contributed by atoms with Gasteiger partial charge in [-0.15, -0.1) is 0 Å². The average Bonchev–Trinajstić information content (AvgIpc) is 2.93. The summed E-state index contributed by atoms with van der Waals surface area (Å²) < 4.78 is 2.27. The summed E-state index contributed by atoms with van der Waals surface area (Å²) in [6.07, 6.45) is 4.95. The number of benzene rings is 1. The highest BCUT2D eigenvalue weighted by Gasteiger charge is 2.35. The molecule has 2 aromatic rings. The van der Waals surface area contributed by atoms with Crippen molar-refractivity contribution in [2.75, 3.05) is 6.54 Å². The SMILES string of the molecule is CCNC1CCC(C)(Cc2nc3ccccc3n2C)C1. The van der Waals surface area contributed by atoms with Crippen LogP contribution < -0.4 is 5.32 Å². The maximum atomic E-state index is 4.83. The Morgan fingerprint density at radius 3 is 2.95 bits per heavy atom. The molecular weight excluding hydrogens is 246 g/mol. The molecule has 3 heteroatoms. The van der Waals surface area contributed by atoms with E-state index < -0.39 is 0 Å². The third-order valence-electron chi connectivity index (χ3n) is 4.79. The van der Waals surface area contributed by atoms with Gasteiger partial charge in [0.1, 0.15) is 5.82 Å². The van der Waals surface area contributed by atoms with Crippen molar-refractivity contribution < 1.29 is 0 Å². The maximum absolute atomic E-state index is 4.83. The van der Waals surface area contributed by atoms with Crippen LogP contribution in [0.2, 0.25) is 0 Å². The predicted octanol–water partition coefficient (Wildman–Crippen LogP) is 3.28. The number of imidazole rings is 1. The van der Waals surface area contributed by atoms with Crippen LogP contribution in [0.1, 0.15) is 38.9 Å². The molecule has 108 valence electrons. The first-order chi connectivity index (χ1) is 9.61. The lowest BCUT2D eigenvalue weighted by molar-refractivity contribution is 0.313. The highest BCUT2D eigenvalue weighted by atomic mass is 15.1. The summed E-state index contributed by atoms with van der Waals surface area (Å²) in [5.74, 6) is 1.23. The van der Waals surface area contributed by atoms with Crippen molar-refractivity contribution in [3.8, 4) is 0 Å². The lowest BCUT2D eigenvalue weighted by Crippen LogP contribution is -2.28. The minimum atomic E-state index is 0.391. The Morgan fingerprint density at radius 2 is 2.20 bits per heavy atom. The number of aryl methyl sites for hydroxylation is 1. The maximum Gasteiger partial charge on any atom is 0.110 e. The average molecular weight is 271 g/mol. The van der Waals surface area contributed by atoms with Crippen LogP contribution in [0.3, 0.4) is 0 Å². The fourth-order valence-corrected chi connectivity index (χ4v) is 3.68. The second kappa shape index (κ2) is 5.21. The van der Waals surface area contributed by atoms with Gasteiger partial charge in [0.15, 0.2) is 0 Å². The molecule has 3 nitrogen and oxygen atoms in total. The minimum Gasteiger partial charge on any atom is -0.331 e. The Balaban J connectivity index is 1.81. The van der Waals surface area contributed by atoms with Crippen molar-refractivity contribution >= 4 is 11.0 Å². The number of nitrogens with one attached hydrogen (secondary N) is 1. The molecule has 0 bridgehead atoms. The topological polar surface area (TPSA) is 29.9 Å². The molecule has 20 heavy (non-hydrogen) atoms. The van der Waals surface area contributed by atoms with Gasteiger partial charge in [0.05, 0.1) is 11.0 Å². The highest BCUT2D eigenvalue weighted by Crippen LogP contribution is 2.40. The first-order valence-corrected chi connectivity index (χ1v) is 7.75. The Morgan fingerprint density at radius 1 is 1.40 bits per heavy atom. The largest absolute Gasteiger partial charge is 0.331 e. The van der Waals surface area contributed by atoms with E-state index >= 15 is 0 Å². The highest BCUT2D eigenvalue weighted by molar-refractivity contribution is 5.75. The molecule has 0 saturated heterocycles. The van der Waals surface area contributed by atoms with Crippen molar-refractivity contribution in [3.05, 3.63) is 30.1 Å². The molecule has 2 atom stereocenters. The summed E-state index contributed by atoms with van der Waals surface area (Å²) in [7, 11) is 2.14. The quantitative estimate of drug-likeness (QED) is 0.925. The van der Waals surface area contributed by atoms with Crippen molar-refractivity contribution in [2.24, 2.45) is 12.5 Å². The number of aromatic nitrogens is 2. The lowest BCUT2D eigenvalue weighted by Gasteiger charge is -2.24. The molecule has 1 aromatic carbocycles. The zero-order chi connectivity index (χ0) is 14.2. The number of para-hydroxylation sites is 2. The van der Waals surface area contributed by atoms with Gasteiger partial charge in [-0.25, -0.2) is 4.98 Å². The summed E-state index contributed by atoms with van der Waals surface area (Å²) in [4.78, 5) is 4.83. The summed E-state index contributed by atoms with van der Waals surface area (Å²) in [6, 6.07) is 9.12. The molecule has 1 fully saturated rings. The monoisotopic (exact) mass is 271 g/mol. The van der Waals surface area contributed by atoms with Gasteiger partial charge in [-0.2, -0.15) is 0 Å². The molecule has 0 spiro atoms. The van der Waals surface area contributed by atoms with Crippen LogP contribution in [-0.2, 0) is 13.5 Å². The number of hydrogen-bond donors (Lipinski definition) is 1. The molecule has 3 rings (SSSR count). The fourth-order valence-electron chi connectivity index (χ4n) is 3.68. The van der Waals surface area contributed by atoms with E-state index in [4.69, 9.17) is 4.98 Å².